The van der Waals surface area contributed by atoms with Gasteiger partial charge in [0.25, 0.3) is 0 Å². The van der Waals surface area contributed by atoms with Gasteiger partial charge in [-0.2, -0.15) is 0 Å². The number of Topliss-reactive ketones (excluding diaryl/α,β-unsaturated/α-hetero) is 1. The summed E-state index contributed by atoms with van der Waals surface area (Å²) in [6, 6.07) is 26.0. The molecule has 0 amide bonds. The summed E-state index contributed by atoms with van der Waals surface area (Å²) in [5.74, 6) is -2.84. The highest BCUT2D eigenvalue weighted by molar-refractivity contribution is 6.01. The third kappa shape index (κ3) is 6.73. The van der Waals surface area contributed by atoms with Crippen LogP contribution >= 0.6 is 0 Å². The first-order valence-corrected chi connectivity index (χ1v) is 12.9. The van der Waals surface area contributed by atoms with Gasteiger partial charge in [-0.05, 0) is 61.4 Å². The van der Waals surface area contributed by atoms with Crippen LogP contribution in [-0.4, -0.2) is 29.9 Å². The summed E-state index contributed by atoms with van der Waals surface area (Å²) in [6.45, 7) is 5.38. The van der Waals surface area contributed by atoms with E-state index in [2.05, 4.69) is 12.1 Å². The van der Waals surface area contributed by atoms with Crippen LogP contribution in [0.2, 0.25) is 0 Å². The molecule has 1 aliphatic carbocycles. The highest BCUT2D eigenvalue weighted by Gasteiger charge is 2.34. The van der Waals surface area contributed by atoms with E-state index in [1.807, 2.05) is 66.7 Å². The van der Waals surface area contributed by atoms with E-state index in [0.29, 0.717) is 6.42 Å². The number of benzene rings is 3. The Labute approximate surface area is 218 Å². The van der Waals surface area contributed by atoms with Crippen molar-refractivity contribution in [2.45, 2.75) is 58.0 Å². The van der Waals surface area contributed by atoms with Gasteiger partial charge in [0, 0.05) is 12.3 Å². The van der Waals surface area contributed by atoms with E-state index in [4.69, 9.17) is 9.47 Å². The number of esters is 2. The molecule has 3 aromatic rings. The highest BCUT2D eigenvalue weighted by atomic mass is 16.6. The second kappa shape index (κ2) is 11.5. The standard InChI is InChI=1S/C32H34O5/c1-32(2,3)37-30(34)20-27(29(33)19-11-14-22-12-5-4-6-13-22)31(35)36-21-28-25-17-9-7-15-23(25)24-16-8-10-18-26(24)28/h4-10,12-13,15-18,27-28H,11,14,19-21H2,1-3H3/t27-/m0/s1. The number of carbonyl (C=O) groups excluding carboxylic acids is 3. The van der Waals surface area contributed by atoms with Crippen LogP contribution in [-0.2, 0) is 30.3 Å². The SMILES string of the molecule is CC(C)(C)OC(=O)C[C@@H](C(=O)CCCc1ccccc1)C(=O)OCC1c2ccccc2-c2ccccc21. The molecular weight excluding hydrogens is 464 g/mol. The number of fused-ring (bicyclic) bond motifs is 3. The first-order chi connectivity index (χ1) is 17.7. The third-order valence-corrected chi connectivity index (χ3v) is 6.55. The number of ether oxygens (including phenoxy) is 2. The summed E-state index contributed by atoms with van der Waals surface area (Å²) in [7, 11) is 0. The number of hydrogen-bond donors (Lipinski definition) is 0. The van der Waals surface area contributed by atoms with Gasteiger partial charge in [-0.1, -0.05) is 78.9 Å². The van der Waals surface area contributed by atoms with Crippen molar-refractivity contribution in [1.29, 1.82) is 0 Å². The molecule has 0 bridgehead atoms. The van der Waals surface area contributed by atoms with Gasteiger partial charge >= 0.3 is 11.9 Å². The Bertz CT molecular complexity index is 1210. The second-order valence-electron chi connectivity index (χ2n) is 10.5. The molecule has 192 valence electrons. The van der Waals surface area contributed by atoms with Gasteiger partial charge in [0.15, 0.2) is 0 Å². The molecule has 0 unspecified atom stereocenters. The van der Waals surface area contributed by atoms with Crippen LogP contribution in [0, 0.1) is 5.92 Å². The lowest BCUT2D eigenvalue weighted by molar-refractivity contribution is -0.164. The van der Waals surface area contributed by atoms with E-state index in [1.165, 1.54) is 0 Å². The number of hydrogen-bond acceptors (Lipinski definition) is 5. The fourth-order valence-corrected chi connectivity index (χ4v) is 4.87. The zero-order valence-electron chi connectivity index (χ0n) is 21.7. The van der Waals surface area contributed by atoms with Crippen LogP contribution in [0.3, 0.4) is 0 Å². The van der Waals surface area contributed by atoms with E-state index in [1.54, 1.807) is 20.8 Å². The predicted octanol–water partition coefficient (Wildman–Crippen LogP) is 6.28. The molecule has 3 aromatic carbocycles. The van der Waals surface area contributed by atoms with Crippen LogP contribution in [0.1, 0.15) is 62.6 Å². The molecule has 0 spiro atoms. The van der Waals surface area contributed by atoms with Gasteiger partial charge in [-0.15, -0.1) is 0 Å². The molecule has 0 aliphatic heterocycles. The Balaban J connectivity index is 1.45. The van der Waals surface area contributed by atoms with Gasteiger partial charge in [-0.3, -0.25) is 14.4 Å². The number of ketones is 1. The summed E-state index contributed by atoms with van der Waals surface area (Å²) >= 11 is 0. The first-order valence-electron chi connectivity index (χ1n) is 12.9. The summed E-state index contributed by atoms with van der Waals surface area (Å²) in [4.78, 5) is 39.0. The highest BCUT2D eigenvalue weighted by Crippen LogP contribution is 2.44. The van der Waals surface area contributed by atoms with Crippen molar-refractivity contribution >= 4 is 17.7 Å². The summed E-state index contributed by atoms with van der Waals surface area (Å²) in [6.07, 6.45) is 1.17. The molecule has 4 rings (SSSR count). The zero-order valence-corrected chi connectivity index (χ0v) is 21.7. The number of aryl methyl sites for hydroxylation is 1. The fraction of sp³-hybridized carbons (Fsp3) is 0.344. The van der Waals surface area contributed by atoms with Crippen molar-refractivity contribution in [2.75, 3.05) is 6.61 Å². The number of carbonyl (C=O) groups is 3. The maximum Gasteiger partial charge on any atom is 0.317 e. The van der Waals surface area contributed by atoms with Gasteiger partial charge in [0.05, 0.1) is 6.42 Å². The molecule has 5 nitrogen and oxygen atoms in total. The van der Waals surface area contributed by atoms with Crippen molar-refractivity contribution in [3.05, 3.63) is 95.6 Å². The molecule has 0 fully saturated rings. The lowest BCUT2D eigenvalue weighted by atomic mass is 9.94. The summed E-state index contributed by atoms with van der Waals surface area (Å²) in [5, 5.41) is 0. The summed E-state index contributed by atoms with van der Waals surface area (Å²) in [5.41, 5.74) is 4.85. The largest absolute Gasteiger partial charge is 0.464 e. The molecular formula is C32H34O5. The monoisotopic (exact) mass is 498 g/mol. The van der Waals surface area contributed by atoms with Gasteiger partial charge < -0.3 is 9.47 Å². The molecule has 37 heavy (non-hydrogen) atoms. The van der Waals surface area contributed by atoms with Crippen molar-refractivity contribution in [1.82, 2.24) is 0 Å². The molecule has 0 N–H and O–H groups in total. The minimum Gasteiger partial charge on any atom is -0.464 e. The van der Waals surface area contributed by atoms with E-state index < -0.39 is 23.5 Å². The zero-order chi connectivity index (χ0) is 26.4. The lowest BCUT2D eigenvalue weighted by Gasteiger charge is -2.22. The Kier molecular flexibility index (Phi) is 8.22. The van der Waals surface area contributed by atoms with Crippen molar-refractivity contribution in [3.8, 4) is 11.1 Å². The van der Waals surface area contributed by atoms with E-state index in [0.717, 1.165) is 34.2 Å². The van der Waals surface area contributed by atoms with Crippen LogP contribution < -0.4 is 0 Å². The maximum atomic E-state index is 13.2. The normalized spacial score (nSPS) is 13.4. The summed E-state index contributed by atoms with van der Waals surface area (Å²) < 4.78 is 11.2. The topological polar surface area (TPSA) is 69.7 Å². The molecule has 0 radical (unpaired) electrons. The van der Waals surface area contributed by atoms with Crippen LogP contribution in [0.25, 0.3) is 11.1 Å². The van der Waals surface area contributed by atoms with E-state index >= 15 is 0 Å². The molecule has 0 heterocycles. The molecule has 1 aliphatic rings. The van der Waals surface area contributed by atoms with Gasteiger partial charge in [0.1, 0.15) is 23.9 Å². The smallest absolute Gasteiger partial charge is 0.317 e. The molecule has 0 saturated heterocycles. The van der Waals surface area contributed by atoms with Crippen molar-refractivity contribution < 1.29 is 23.9 Å². The Morgan fingerprint density at radius 1 is 0.811 bits per heavy atom. The minimum atomic E-state index is -1.18. The first kappa shape index (κ1) is 26.3. The van der Waals surface area contributed by atoms with Crippen LogP contribution in [0.15, 0.2) is 78.9 Å². The average molecular weight is 499 g/mol. The Morgan fingerprint density at radius 3 is 1.97 bits per heavy atom. The van der Waals surface area contributed by atoms with Crippen molar-refractivity contribution in [3.63, 3.8) is 0 Å². The quantitative estimate of drug-likeness (QED) is 0.243. The fourth-order valence-electron chi connectivity index (χ4n) is 4.87. The molecule has 1 atom stereocenters. The van der Waals surface area contributed by atoms with Crippen LogP contribution in [0.5, 0.6) is 0 Å². The average Bonchev–Trinajstić information content (AvgIpc) is 3.19. The maximum absolute atomic E-state index is 13.2. The lowest BCUT2D eigenvalue weighted by Crippen LogP contribution is -2.32. The molecule has 5 heteroatoms. The van der Waals surface area contributed by atoms with E-state index in [9.17, 15) is 14.4 Å². The Hall–Kier alpha value is -3.73. The second-order valence-corrected chi connectivity index (χ2v) is 10.5. The number of rotatable bonds is 10. The third-order valence-electron chi connectivity index (χ3n) is 6.55. The minimum absolute atomic E-state index is 0.106. The predicted molar refractivity (Wildman–Crippen MR) is 143 cm³/mol. The Morgan fingerprint density at radius 2 is 1.38 bits per heavy atom. The van der Waals surface area contributed by atoms with Gasteiger partial charge in [0.2, 0.25) is 0 Å². The van der Waals surface area contributed by atoms with Gasteiger partial charge in [-0.25, -0.2) is 0 Å². The van der Waals surface area contributed by atoms with Crippen LogP contribution in [0.4, 0.5) is 0 Å². The molecule has 0 saturated carbocycles. The van der Waals surface area contributed by atoms with Crippen molar-refractivity contribution in [2.24, 2.45) is 5.92 Å². The molecule has 0 aromatic heterocycles. The van der Waals surface area contributed by atoms with E-state index in [-0.39, 0.29) is 31.1 Å².